The predicted molar refractivity (Wildman–Crippen MR) is 88.9 cm³/mol. The van der Waals surface area contributed by atoms with Gasteiger partial charge in [-0.2, -0.15) is 0 Å². The third-order valence-corrected chi connectivity index (χ3v) is 4.19. The standard InChI is InChI=1S/C17H23N5O/c23-17(21-14-6-2-1-3-7-14)20-11-13-22-12-10-19-16(22)15-8-4-5-9-18-15/h4-5,8-10,12,14H,1-3,6-7,11,13H2,(H2,20,21,23). The summed E-state index contributed by atoms with van der Waals surface area (Å²) < 4.78 is 2.00. The molecule has 3 rings (SSSR count). The molecule has 6 heteroatoms. The maximum Gasteiger partial charge on any atom is 0.315 e. The summed E-state index contributed by atoms with van der Waals surface area (Å²) in [6.07, 6.45) is 11.3. The first-order valence-electron chi connectivity index (χ1n) is 8.30. The highest BCUT2D eigenvalue weighted by Gasteiger charge is 2.15. The molecular formula is C17H23N5O. The number of nitrogens with zero attached hydrogens (tertiary/aromatic N) is 3. The number of aromatic nitrogens is 3. The van der Waals surface area contributed by atoms with E-state index in [1.54, 1.807) is 12.4 Å². The highest BCUT2D eigenvalue weighted by atomic mass is 16.2. The molecule has 0 aliphatic heterocycles. The average molecular weight is 313 g/mol. The van der Waals surface area contributed by atoms with Gasteiger partial charge in [-0.25, -0.2) is 9.78 Å². The number of hydrogen-bond acceptors (Lipinski definition) is 3. The maximum absolute atomic E-state index is 11.9. The summed E-state index contributed by atoms with van der Waals surface area (Å²) in [5.74, 6) is 0.820. The fraction of sp³-hybridized carbons (Fsp3) is 0.471. The minimum absolute atomic E-state index is 0.0728. The van der Waals surface area contributed by atoms with Crippen LogP contribution in [0.2, 0.25) is 0 Å². The SMILES string of the molecule is O=C(NCCn1ccnc1-c1ccccn1)NC1CCCCC1. The van der Waals surface area contributed by atoms with Crippen LogP contribution in [-0.2, 0) is 6.54 Å². The summed E-state index contributed by atoms with van der Waals surface area (Å²) in [5, 5.41) is 5.99. The number of urea groups is 1. The van der Waals surface area contributed by atoms with Crippen LogP contribution in [0.5, 0.6) is 0 Å². The number of nitrogens with one attached hydrogen (secondary N) is 2. The third-order valence-electron chi connectivity index (χ3n) is 4.19. The van der Waals surface area contributed by atoms with Crippen molar-refractivity contribution < 1.29 is 4.79 Å². The second-order valence-electron chi connectivity index (χ2n) is 5.89. The molecule has 0 unspecified atom stereocenters. The molecule has 0 bridgehead atoms. The molecule has 2 aromatic rings. The Balaban J connectivity index is 1.47. The van der Waals surface area contributed by atoms with Crippen molar-refractivity contribution in [2.75, 3.05) is 6.54 Å². The van der Waals surface area contributed by atoms with Gasteiger partial charge in [-0.15, -0.1) is 0 Å². The summed E-state index contributed by atoms with van der Waals surface area (Å²) in [6, 6.07) is 6.02. The summed E-state index contributed by atoms with van der Waals surface area (Å²) in [5.41, 5.74) is 0.837. The van der Waals surface area contributed by atoms with Crippen molar-refractivity contribution in [2.45, 2.75) is 44.7 Å². The number of hydrogen-bond donors (Lipinski definition) is 2. The predicted octanol–water partition coefficient (Wildman–Crippen LogP) is 2.58. The van der Waals surface area contributed by atoms with Crippen molar-refractivity contribution >= 4 is 6.03 Å². The smallest absolute Gasteiger partial charge is 0.315 e. The molecule has 0 radical (unpaired) electrons. The lowest BCUT2D eigenvalue weighted by atomic mass is 9.96. The van der Waals surface area contributed by atoms with Gasteiger partial charge in [-0.1, -0.05) is 25.3 Å². The van der Waals surface area contributed by atoms with Gasteiger partial charge in [-0.05, 0) is 25.0 Å². The van der Waals surface area contributed by atoms with Gasteiger partial charge >= 0.3 is 6.03 Å². The molecule has 6 nitrogen and oxygen atoms in total. The highest BCUT2D eigenvalue weighted by Crippen LogP contribution is 2.17. The number of amides is 2. The Morgan fingerprint density at radius 2 is 2.04 bits per heavy atom. The van der Waals surface area contributed by atoms with Gasteiger partial charge < -0.3 is 15.2 Å². The van der Waals surface area contributed by atoms with Crippen LogP contribution in [0.4, 0.5) is 4.79 Å². The lowest BCUT2D eigenvalue weighted by Crippen LogP contribution is -2.43. The molecule has 2 aromatic heterocycles. The van der Waals surface area contributed by atoms with Crippen molar-refractivity contribution in [1.82, 2.24) is 25.2 Å². The Kier molecular flexibility index (Phi) is 5.24. The van der Waals surface area contributed by atoms with Gasteiger partial charge in [0.2, 0.25) is 0 Å². The molecule has 23 heavy (non-hydrogen) atoms. The Labute approximate surface area is 136 Å². The summed E-state index contributed by atoms with van der Waals surface area (Å²) in [6.45, 7) is 1.23. The topological polar surface area (TPSA) is 71.8 Å². The molecule has 1 fully saturated rings. The zero-order valence-electron chi connectivity index (χ0n) is 13.2. The normalized spacial score (nSPS) is 15.3. The summed E-state index contributed by atoms with van der Waals surface area (Å²) in [7, 11) is 0. The first kappa shape index (κ1) is 15.5. The molecule has 0 aromatic carbocycles. The quantitative estimate of drug-likeness (QED) is 0.891. The van der Waals surface area contributed by atoms with Crippen molar-refractivity contribution in [3.8, 4) is 11.5 Å². The number of carbonyl (C=O) groups excluding carboxylic acids is 1. The van der Waals surface area contributed by atoms with Crippen LogP contribution in [0.25, 0.3) is 11.5 Å². The van der Waals surface area contributed by atoms with E-state index in [-0.39, 0.29) is 6.03 Å². The number of carbonyl (C=O) groups is 1. The van der Waals surface area contributed by atoms with Crippen molar-refractivity contribution in [3.63, 3.8) is 0 Å². The molecule has 0 atom stereocenters. The van der Waals surface area contributed by atoms with Gasteiger partial charge in [0.15, 0.2) is 5.82 Å². The fourth-order valence-electron chi connectivity index (χ4n) is 2.99. The molecule has 1 saturated carbocycles. The Morgan fingerprint density at radius 1 is 1.17 bits per heavy atom. The Morgan fingerprint density at radius 3 is 2.83 bits per heavy atom. The van der Waals surface area contributed by atoms with Crippen molar-refractivity contribution in [2.24, 2.45) is 0 Å². The first-order chi connectivity index (χ1) is 11.3. The van der Waals surface area contributed by atoms with Gasteiger partial charge in [0, 0.05) is 37.7 Å². The molecule has 1 aliphatic rings. The van der Waals surface area contributed by atoms with Crippen LogP contribution in [0.15, 0.2) is 36.8 Å². The van der Waals surface area contributed by atoms with E-state index < -0.39 is 0 Å². The molecule has 2 amide bonds. The highest BCUT2D eigenvalue weighted by molar-refractivity contribution is 5.74. The van der Waals surface area contributed by atoms with Crippen molar-refractivity contribution in [3.05, 3.63) is 36.8 Å². The zero-order chi connectivity index (χ0) is 15.9. The van der Waals surface area contributed by atoms with E-state index in [9.17, 15) is 4.79 Å². The van der Waals surface area contributed by atoms with E-state index in [1.165, 1.54) is 19.3 Å². The Bertz CT molecular complexity index is 619. The number of imidazole rings is 1. The minimum Gasteiger partial charge on any atom is -0.336 e. The van der Waals surface area contributed by atoms with E-state index in [2.05, 4.69) is 20.6 Å². The average Bonchev–Trinajstić information content (AvgIpc) is 3.05. The molecule has 2 heterocycles. The van der Waals surface area contributed by atoms with E-state index >= 15 is 0 Å². The van der Waals surface area contributed by atoms with Gasteiger partial charge in [-0.3, -0.25) is 4.98 Å². The van der Waals surface area contributed by atoms with E-state index in [0.717, 1.165) is 24.4 Å². The molecule has 0 saturated heterocycles. The van der Waals surface area contributed by atoms with Crippen LogP contribution >= 0.6 is 0 Å². The minimum atomic E-state index is -0.0728. The van der Waals surface area contributed by atoms with Gasteiger partial charge in [0.05, 0.1) is 0 Å². The summed E-state index contributed by atoms with van der Waals surface area (Å²) >= 11 is 0. The van der Waals surface area contributed by atoms with Gasteiger partial charge in [0.25, 0.3) is 0 Å². The van der Waals surface area contributed by atoms with Crippen LogP contribution in [0, 0.1) is 0 Å². The number of pyridine rings is 1. The fourth-order valence-corrected chi connectivity index (χ4v) is 2.99. The molecule has 0 spiro atoms. The van der Waals surface area contributed by atoms with Crippen LogP contribution < -0.4 is 10.6 Å². The molecule has 2 N–H and O–H groups in total. The maximum atomic E-state index is 11.9. The monoisotopic (exact) mass is 313 g/mol. The zero-order valence-corrected chi connectivity index (χ0v) is 13.2. The van der Waals surface area contributed by atoms with Crippen LogP contribution in [0.1, 0.15) is 32.1 Å². The largest absolute Gasteiger partial charge is 0.336 e. The van der Waals surface area contributed by atoms with Gasteiger partial charge in [0.1, 0.15) is 5.69 Å². The molecule has 122 valence electrons. The lowest BCUT2D eigenvalue weighted by molar-refractivity contribution is 0.232. The van der Waals surface area contributed by atoms with Crippen LogP contribution in [0.3, 0.4) is 0 Å². The molecule has 1 aliphatic carbocycles. The Hall–Kier alpha value is -2.37. The van der Waals surface area contributed by atoms with E-state index in [1.807, 2.05) is 29.0 Å². The second kappa shape index (κ2) is 7.76. The summed E-state index contributed by atoms with van der Waals surface area (Å²) in [4.78, 5) is 20.6. The van der Waals surface area contributed by atoms with Crippen LogP contribution in [-0.4, -0.2) is 33.2 Å². The first-order valence-corrected chi connectivity index (χ1v) is 8.30. The van der Waals surface area contributed by atoms with E-state index in [4.69, 9.17) is 0 Å². The van der Waals surface area contributed by atoms with Crippen molar-refractivity contribution in [1.29, 1.82) is 0 Å². The van der Waals surface area contributed by atoms with E-state index in [0.29, 0.717) is 19.1 Å². The lowest BCUT2D eigenvalue weighted by Gasteiger charge is -2.22. The third kappa shape index (κ3) is 4.31. The number of rotatable bonds is 5. The second-order valence-corrected chi connectivity index (χ2v) is 5.89. The molecular weight excluding hydrogens is 290 g/mol.